The molecular weight excluding hydrogens is 478 g/mol. The minimum Gasteiger partial charge on any atom is -0.508 e. The lowest BCUT2D eigenvalue weighted by Gasteiger charge is -2.25. The minimum atomic E-state index is -1.29. The summed E-state index contributed by atoms with van der Waals surface area (Å²) < 4.78 is 0. The maximum absolute atomic E-state index is 13.0. The van der Waals surface area contributed by atoms with Crippen LogP contribution in [0.5, 0.6) is 5.75 Å². The van der Waals surface area contributed by atoms with Gasteiger partial charge in [-0.1, -0.05) is 12.1 Å². The third kappa shape index (κ3) is 10.5. The second-order valence-electron chi connectivity index (χ2n) is 8.13. The lowest BCUT2D eigenvalue weighted by Crippen LogP contribution is -2.59. The van der Waals surface area contributed by atoms with E-state index in [4.69, 9.17) is 11.5 Å². The monoisotopic (exact) mass is 513 g/mol. The van der Waals surface area contributed by atoms with E-state index in [2.05, 4.69) is 28.6 Å². The fourth-order valence-corrected chi connectivity index (χ4v) is 3.31. The number of hydrogen-bond donors (Lipinski definition) is 9. The van der Waals surface area contributed by atoms with E-state index in [-0.39, 0.29) is 24.3 Å². The summed E-state index contributed by atoms with van der Waals surface area (Å²) in [6.45, 7) is 1.72. The molecule has 0 aliphatic rings. The highest BCUT2D eigenvalue weighted by molar-refractivity contribution is 7.80. The standard InChI is InChI=1S/C22H35N5O7S/c1-12(28)18(24)21(32)26-16(10-13-5-7-14(29)8-6-13)19(30)27-17(11-35)20(31)25-15(22(33)34)4-2-3-9-23/h5-8,12,15-18,28-29,35H,2-4,9-11,23-24H2,1H3,(H,25,31)(H,26,32)(H,27,30)(H,33,34). The Hall–Kier alpha value is -2.87. The van der Waals surface area contributed by atoms with Gasteiger partial charge in [-0.15, -0.1) is 0 Å². The van der Waals surface area contributed by atoms with Crippen LogP contribution in [0.3, 0.4) is 0 Å². The maximum Gasteiger partial charge on any atom is 0.326 e. The predicted octanol–water partition coefficient (Wildman–Crippen LogP) is -1.76. The quantitative estimate of drug-likeness (QED) is 0.0957. The van der Waals surface area contributed by atoms with E-state index in [1.165, 1.54) is 19.1 Å². The molecule has 12 nitrogen and oxygen atoms in total. The normalized spacial score (nSPS) is 15.2. The van der Waals surface area contributed by atoms with E-state index in [9.17, 15) is 34.5 Å². The number of phenols is 1. The number of carbonyl (C=O) groups excluding carboxylic acids is 3. The third-order valence-corrected chi connectivity index (χ3v) is 5.57. The zero-order valence-corrected chi connectivity index (χ0v) is 20.4. The Morgan fingerprint density at radius 3 is 2.00 bits per heavy atom. The fraction of sp³-hybridized carbons (Fsp3) is 0.545. The van der Waals surface area contributed by atoms with Crippen LogP contribution in [-0.2, 0) is 25.6 Å². The minimum absolute atomic E-state index is 0.0118. The van der Waals surface area contributed by atoms with Crippen LogP contribution in [0.4, 0.5) is 0 Å². The molecule has 0 radical (unpaired) electrons. The average molecular weight is 514 g/mol. The van der Waals surface area contributed by atoms with Gasteiger partial charge in [-0.05, 0) is 50.4 Å². The van der Waals surface area contributed by atoms with Crippen molar-refractivity contribution in [3.8, 4) is 5.75 Å². The lowest BCUT2D eigenvalue weighted by atomic mass is 10.0. The molecule has 0 saturated carbocycles. The SMILES string of the molecule is CC(O)C(N)C(=O)NC(Cc1ccc(O)cc1)C(=O)NC(CS)C(=O)NC(CCCCN)C(=O)O. The molecule has 0 heterocycles. The number of hydrogen-bond acceptors (Lipinski definition) is 9. The van der Waals surface area contributed by atoms with Crippen molar-refractivity contribution in [3.05, 3.63) is 29.8 Å². The van der Waals surface area contributed by atoms with Gasteiger partial charge in [0.15, 0.2) is 0 Å². The summed E-state index contributed by atoms with van der Waals surface area (Å²) in [6, 6.07) is 1.10. The summed E-state index contributed by atoms with van der Waals surface area (Å²) in [4.78, 5) is 49.6. The highest BCUT2D eigenvalue weighted by Crippen LogP contribution is 2.12. The topological polar surface area (TPSA) is 217 Å². The molecule has 13 heteroatoms. The number of benzene rings is 1. The first kappa shape index (κ1) is 30.2. The number of aliphatic hydroxyl groups excluding tert-OH is 1. The van der Waals surface area contributed by atoms with Crippen LogP contribution in [0.25, 0.3) is 0 Å². The summed E-state index contributed by atoms with van der Waals surface area (Å²) in [6.07, 6.45) is 0.0792. The average Bonchev–Trinajstić information content (AvgIpc) is 2.81. The first-order valence-corrected chi connectivity index (χ1v) is 11.8. The van der Waals surface area contributed by atoms with Gasteiger partial charge in [-0.2, -0.15) is 12.6 Å². The number of carboxylic acids is 1. The molecule has 35 heavy (non-hydrogen) atoms. The van der Waals surface area contributed by atoms with Gasteiger partial charge in [-0.3, -0.25) is 14.4 Å². The van der Waals surface area contributed by atoms with E-state index in [0.29, 0.717) is 24.9 Å². The van der Waals surface area contributed by atoms with E-state index in [1.807, 2.05) is 0 Å². The lowest BCUT2D eigenvalue weighted by molar-refractivity contribution is -0.142. The molecule has 1 aromatic carbocycles. The molecular formula is C22H35N5O7S. The number of carboxylic acid groups (broad SMARTS) is 1. The number of aliphatic carboxylic acids is 1. The number of phenolic OH excluding ortho intramolecular Hbond substituents is 1. The Morgan fingerprint density at radius 2 is 1.49 bits per heavy atom. The number of carbonyl (C=O) groups is 4. The van der Waals surface area contributed by atoms with Crippen molar-refractivity contribution in [3.63, 3.8) is 0 Å². The number of nitrogens with one attached hydrogen (secondary N) is 3. The zero-order valence-electron chi connectivity index (χ0n) is 19.5. The Balaban J connectivity index is 2.97. The molecule has 10 N–H and O–H groups in total. The molecule has 0 aliphatic heterocycles. The summed E-state index contributed by atoms with van der Waals surface area (Å²) in [5, 5.41) is 35.8. The number of rotatable bonds is 15. The van der Waals surface area contributed by atoms with Gasteiger partial charge in [0.25, 0.3) is 0 Å². The number of thiol groups is 1. The van der Waals surface area contributed by atoms with Gasteiger partial charge in [0.05, 0.1) is 6.10 Å². The Kier molecular flexibility index (Phi) is 13.1. The molecule has 0 saturated heterocycles. The van der Waals surface area contributed by atoms with Gasteiger partial charge < -0.3 is 42.7 Å². The smallest absolute Gasteiger partial charge is 0.326 e. The number of nitrogens with two attached hydrogens (primary N) is 2. The maximum atomic E-state index is 13.0. The van der Waals surface area contributed by atoms with Crippen molar-refractivity contribution in [2.24, 2.45) is 11.5 Å². The molecule has 0 aliphatic carbocycles. The van der Waals surface area contributed by atoms with Crippen LogP contribution >= 0.6 is 12.6 Å². The fourth-order valence-electron chi connectivity index (χ4n) is 3.05. The van der Waals surface area contributed by atoms with Crippen LogP contribution in [0.15, 0.2) is 24.3 Å². The summed E-state index contributed by atoms with van der Waals surface area (Å²) in [5.41, 5.74) is 11.7. The first-order chi connectivity index (χ1) is 16.5. The van der Waals surface area contributed by atoms with Crippen LogP contribution in [-0.4, -0.2) is 81.6 Å². The highest BCUT2D eigenvalue weighted by atomic mass is 32.1. The largest absolute Gasteiger partial charge is 0.508 e. The molecule has 0 bridgehead atoms. The Morgan fingerprint density at radius 1 is 0.943 bits per heavy atom. The number of aliphatic hydroxyl groups is 1. The van der Waals surface area contributed by atoms with Crippen molar-refractivity contribution in [1.29, 1.82) is 0 Å². The third-order valence-electron chi connectivity index (χ3n) is 5.21. The van der Waals surface area contributed by atoms with Crippen LogP contribution < -0.4 is 27.4 Å². The van der Waals surface area contributed by atoms with E-state index < -0.39 is 54.0 Å². The van der Waals surface area contributed by atoms with Gasteiger partial charge in [0.2, 0.25) is 17.7 Å². The molecule has 0 spiro atoms. The second kappa shape index (κ2) is 15.2. The molecule has 0 fully saturated rings. The van der Waals surface area contributed by atoms with Crippen molar-refractivity contribution < 1.29 is 34.5 Å². The van der Waals surface area contributed by atoms with E-state index in [0.717, 1.165) is 0 Å². The van der Waals surface area contributed by atoms with E-state index >= 15 is 0 Å². The highest BCUT2D eigenvalue weighted by Gasteiger charge is 2.30. The predicted molar refractivity (Wildman–Crippen MR) is 132 cm³/mol. The van der Waals surface area contributed by atoms with Crippen molar-refractivity contribution in [2.45, 2.75) is 62.9 Å². The number of unbranched alkanes of at least 4 members (excludes halogenated alkanes) is 1. The van der Waals surface area contributed by atoms with E-state index in [1.54, 1.807) is 12.1 Å². The molecule has 0 aromatic heterocycles. The molecule has 1 aromatic rings. The van der Waals surface area contributed by atoms with Gasteiger partial charge in [-0.25, -0.2) is 4.79 Å². The van der Waals surface area contributed by atoms with Crippen LogP contribution in [0.2, 0.25) is 0 Å². The van der Waals surface area contributed by atoms with Gasteiger partial charge in [0.1, 0.15) is 29.9 Å². The van der Waals surface area contributed by atoms with Gasteiger partial charge >= 0.3 is 5.97 Å². The van der Waals surface area contributed by atoms with Crippen molar-refractivity contribution >= 4 is 36.3 Å². The second-order valence-corrected chi connectivity index (χ2v) is 8.49. The number of aromatic hydroxyl groups is 1. The zero-order chi connectivity index (χ0) is 26.5. The van der Waals surface area contributed by atoms with Gasteiger partial charge in [0, 0.05) is 12.2 Å². The summed E-state index contributed by atoms with van der Waals surface area (Å²) in [7, 11) is 0. The molecule has 1 rings (SSSR count). The Bertz CT molecular complexity index is 853. The summed E-state index contributed by atoms with van der Waals surface area (Å²) in [5.74, 6) is -3.61. The molecule has 5 atom stereocenters. The van der Waals surface area contributed by atoms with Crippen LogP contribution in [0.1, 0.15) is 31.7 Å². The van der Waals surface area contributed by atoms with Crippen molar-refractivity contribution in [2.75, 3.05) is 12.3 Å². The Labute approximate surface area is 209 Å². The molecule has 196 valence electrons. The molecule has 5 unspecified atom stereocenters. The first-order valence-electron chi connectivity index (χ1n) is 11.2. The molecule has 3 amide bonds. The number of amides is 3. The van der Waals surface area contributed by atoms with Crippen LogP contribution in [0, 0.1) is 0 Å². The summed E-state index contributed by atoms with van der Waals surface area (Å²) >= 11 is 4.09. The van der Waals surface area contributed by atoms with Crippen molar-refractivity contribution in [1.82, 2.24) is 16.0 Å².